The van der Waals surface area contributed by atoms with Gasteiger partial charge in [0.2, 0.25) is 0 Å². The van der Waals surface area contributed by atoms with E-state index >= 15 is 0 Å². The van der Waals surface area contributed by atoms with Crippen molar-refractivity contribution in [1.29, 1.82) is 0 Å². The monoisotopic (exact) mass is 193 g/mol. The highest BCUT2D eigenvalue weighted by molar-refractivity contribution is 5.28. The minimum atomic E-state index is 0.470. The number of hydrogen-bond donors (Lipinski definition) is 1. The van der Waals surface area contributed by atoms with Gasteiger partial charge in [0.15, 0.2) is 0 Å². The molecule has 14 heavy (non-hydrogen) atoms. The predicted molar refractivity (Wildman–Crippen MR) is 59.3 cm³/mol. The molecule has 2 nitrogen and oxygen atoms in total. The maximum atomic E-state index is 5.61. The Morgan fingerprint density at radius 3 is 2.64 bits per heavy atom. The van der Waals surface area contributed by atoms with Gasteiger partial charge >= 0.3 is 0 Å². The summed E-state index contributed by atoms with van der Waals surface area (Å²) in [5.41, 5.74) is 6.64. The van der Waals surface area contributed by atoms with E-state index in [9.17, 15) is 0 Å². The van der Waals surface area contributed by atoms with Crippen molar-refractivity contribution in [3.05, 3.63) is 29.8 Å². The van der Waals surface area contributed by atoms with Crippen LogP contribution in [0.2, 0.25) is 0 Å². The molecule has 1 aromatic carbocycles. The number of ether oxygens (including phenoxy) is 1. The van der Waals surface area contributed by atoms with Gasteiger partial charge < -0.3 is 10.5 Å². The van der Waals surface area contributed by atoms with Crippen molar-refractivity contribution in [1.82, 2.24) is 0 Å². The van der Waals surface area contributed by atoms with E-state index in [0.29, 0.717) is 12.6 Å². The van der Waals surface area contributed by atoms with Crippen LogP contribution in [0, 0.1) is 0 Å². The third kappa shape index (κ3) is 3.38. The third-order valence-corrected chi connectivity index (χ3v) is 1.96. The lowest BCUT2D eigenvalue weighted by Crippen LogP contribution is -1.99. The molecule has 0 radical (unpaired) electrons. The lowest BCUT2D eigenvalue weighted by Gasteiger charge is -2.04. The molecule has 0 aliphatic heterocycles. The first-order chi connectivity index (χ1) is 6.88. The minimum Gasteiger partial charge on any atom is -0.490 e. The largest absolute Gasteiger partial charge is 0.490 e. The molecular formula is C12H19NO. The zero-order valence-corrected chi connectivity index (χ0v) is 8.99. The summed E-state index contributed by atoms with van der Waals surface area (Å²) in [6.45, 7) is 4.59. The van der Waals surface area contributed by atoms with Gasteiger partial charge in [-0.25, -0.2) is 0 Å². The van der Waals surface area contributed by atoms with Crippen molar-refractivity contribution in [2.24, 2.45) is 5.73 Å². The van der Waals surface area contributed by atoms with Gasteiger partial charge in [-0.05, 0) is 30.5 Å². The molecule has 0 amide bonds. The molecule has 0 heterocycles. The second-order valence-electron chi connectivity index (χ2n) is 3.17. The Morgan fingerprint density at radius 1 is 1.36 bits per heavy atom. The fraction of sp³-hybridized carbons (Fsp3) is 0.500. The summed E-state index contributed by atoms with van der Waals surface area (Å²) < 4.78 is 5.61. The predicted octanol–water partition coefficient (Wildman–Crippen LogP) is 2.71. The molecular weight excluding hydrogens is 174 g/mol. The molecule has 2 N–H and O–H groups in total. The Morgan fingerprint density at radius 2 is 2.07 bits per heavy atom. The minimum absolute atomic E-state index is 0.470. The number of benzene rings is 1. The Bertz CT molecular complexity index is 269. The van der Waals surface area contributed by atoms with Crippen LogP contribution in [0.5, 0.6) is 5.75 Å². The van der Waals surface area contributed by atoms with Crippen molar-refractivity contribution >= 4 is 0 Å². The summed E-state index contributed by atoms with van der Waals surface area (Å²) >= 11 is 0. The highest BCUT2D eigenvalue weighted by Crippen LogP contribution is 2.26. The molecule has 78 valence electrons. The van der Waals surface area contributed by atoms with Crippen LogP contribution >= 0.6 is 0 Å². The maximum absolute atomic E-state index is 5.61. The average molecular weight is 193 g/mol. The third-order valence-electron chi connectivity index (χ3n) is 1.96. The SMILES string of the molecule is CC.NCc1cccc(OC2CC2)c1. The van der Waals surface area contributed by atoms with Gasteiger partial charge in [-0.2, -0.15) is 0 Å². The van der Waals surface area contributed by atoms with Gasteiger partial charge in [0.1, 0.15) is 5.75 Å². The van der Waals surface area contributed by atoms with Gasteiger partial charge in [0, 0.05) is 6.54 Å². The lowest BCUT2D eigenvalue weighted by molar-refractivity contribution is 0.303. The Hall–Kier alpha value is -1.02. The quantitative estimate of drug-likeness (QED) is 0.801. The van der Waals surface area contributed by atoms with E-state index in [4.69, 9.17) is 10.5 Å². The van der Waals surface area contributed by atoms with E-state index in [0.717, 1.165) is 11.3 Å². The Balaban J connectivity index is 0.000000461. The second kappa shape index (κ2) is 5.66. The van der Waals surface area contributed by atoms with Crippen LogP contribution in [0.25, 0.3) is 0 Å². The molecule has 1 fully saturated rings. The van der Waals surface area contributed by atoms with E-state index < -0.39 is 0 Å². The molecule has 0 spiro atoms. The molecule has 1 aliphatic carbocycles. The highest BCUT2D eigenvalue weighted by atomic mass is 16.5. The highest BCUT2D eigenvalue weighted by Gasteiger charge is 2.23. The van der Waals surface area contributed by atoms with E-state index in [1.807, 2.05) is 38.1 Å². The van der Waals surface area contributed by atoms with Crippen LogP contribution in [0.4, 0.5) is 0 Å². The van der Waals surface area contributed by atoms with Gasteiger partial charge in [-0.15, -0.1) is 0 Å². The number of hydrogen-bond acceptors (Lipinski definition) is 2. The molecule has 0 atom stereocenters. The first-order valence-corrected chi connectivity index (χ1v) is 5.34. The molecule has 0 bridgehead atoms. The van der Waals surface area contributed by atoms with Crippen molar-refractivity contribution in [3.8, 4) is 5.75 Å². The molecule has 0 aromatic heterocycles. The van der Waals surface area contributed by atoms with Gasteiger partial charge in [-0.3, -0.25) is 0 Å². The molecule has 1 aromatic rings. The van der Waals surface area contributed by atoms with Crippen molar-refractivity contribution < 1.29 is 4.74 Å². The van der Waals surface area contributed by atoms with Gasteiger partial charge in [0.25, 0.3) is 0 Å². The summed E-state index contributed by atoms with van der Waals surface area (Å²) in [6, 6.07) is 8.00. The van der Waals surface area contributed by atoms with Crippen molar-refractivity contribution in [3.63, 3.8) is 0 Å². The summed E-state index contributed by atoms with van der Waals surface area (Å²) in [5.74, 6) is 0.959. The maximum Gasteiger partial charge on any atom is 0.120 e. The zero-order chi connectivity index (χ0) is 10.4. The Labute approximate surface area is 86.1 Å². The van der Waals surface area contributed by atoms with E-state index in [2.05, 4.69) is 0 Å². The Kier molecular flexibility index (Phi) is 4.47. The van der Waals surface area contributed by atoms with E-state index in [-0.39, 0.29) is 0 Å². The molecule has 1 saturated carbocycles. The molecule has 0 saturated heterocycles. The molecule has 1 aliphatic rings. The molecule has 0 unspecified atom stereocenters. The molecule has 2 heteroatoms. The lowest BCUT2D eigenvalue weighted by atomic mass is 10.2. The average Bonchev–Trinajstić information content (AvgIpc) is 3.05. The van der Waals surface area contributed by atoms with Crippen LogP contribution in [0.1, 0.15) is 32.3 Å². The fourth-order valence-electron chi connectivity index (χ4n) is 1.12. The first-order valence-electron chi connectivity index (χ1n) is 5.34. The summed E-state index contributed by atoms with van der Waals surface area (Å²) in [5, 5.41) is 0. The van der Waals surface area contributed by atoms with Gasteiger partial charge in [-0.1, -0.05) is 26.0 Å². The van der Waals surface area contributed by atoms with E-state index in [1.54, 1.807) is 0 Å². The normalized spacial score (nSPS) is 14.2. The summed E-state index contributed by atoms with van der Waals surface area (Å²) in [6.07, 6.45) is 2.87. The van der Waals surface area contributed by atoms with Crippen LogP contribution in [0.15, 0.2) is 24.3 Å². The van der Waals surface area contributed by atoms with E-state index in [1.165, 1.54) is 12.8 Å². The fourth-order valence-corrected chi connectivity index (χ4v) is 1.12. The van der Waals surface area contributed by atoms with Gasteiger partial charge in [0.05, 0.1) is 6.10 Å². The first kappa shape index (κ1) is 11.1. The summed E-state index contributed by atoms with van der Waals surface area (Å²) in [4.78, 5) is 0. The molecule has 2 rings (SSSR count). The smallest absolute Gasteiger partial charge is 0.120 e. The van der Waals surface area contributed by atoms with Crippen molar-refractivity contribution in [2.45, 2.75) is 39.3 Å². The van der Waals surface area contributed by atoms with Crippen LogP contribution in [0.3, 0.4) is 0 Å². The topological polar surface area (TPSA) is 35.2 Å². The number of rotatable bonds is 3. The second-order valence-corrected chi connectivity index (χ2v) is 3.17. The van der Waals surface area contributed by atoms with Crippen LogP contribution < -0.4 is 10.5 Å². The van der Waals surface area contributed by atoms with Crippen LogP contribution in [-0.4, -0.2) is 6.10 Å². The van der Waals surface area contributed by atoms with Crippen LogP contribution in [-0.2, 0) is 6.54 Å². The number of nitrogens with two attached hydrogens (primary N) is 1. The van der Waals surface area contributed by atoms with Crippen molar-refractivity contribution in [2.75, 3.05) is 0 Å². The summed E-state index contributed by atoms with van der Waals surface area (Å²) in [7, 11) is 0. The standard InChI is InChI=1S/C10H13NO.C2H6/c11-7-8-2-1-3-10(6-8)12-9-4-5-9;1-2/h1-3,6,9H,4-5,7,11H2;1-2H3. The zero-order valence-electron chi connectivity index (χ0n) is 8.99.